The van der Waals surface area contributed by atoms with E-state index in [0.29, 0.717) is 29.3 Å². The number of benzene rings is 3. The van der Waals surface area contributed by atoms with Crippen LogP contribution in [0.3, 0.4) is 0 Å². The van der Waals surface area contributed by atoms with Gasteiger partial charge in [0.25, 0.3) is 5.91 Å². The number of hydrazone groups is 1. The molecule has 3 aromatic carbocycles. The molecule has 7 nitrogen and oxygen atoms in total. The molecule has 4 aliphatic rings. The first-order valence-corrected chi connectivity index (χ1v) is 15.5. The van der Waals surface area contributed by atoms with E-state index in [1.807, 2.05) is 67.6 Å². The number of anilines is 2. The van der Waals surface area contributed by atoms with Crippen molar-refractivity contribution in [3.8, 4) is 11.5 Å². The summed E-state index contributed by atoms with van der Waals surface area (Å²) in [5.41, 5.74) is 7.32. The molecule has 0 aliphatic heterocycles. The molecule has 4 bridgehead atoms. The van der Waals surface area contributed by atoms with Crippen molar-refractivity contribution >= 4 is 34.5 Å². The zero-order valence-electron chi connectivity index (χ0n) is 24.6. The molecule has 0 atom stereocenters. The van der Waals surface area contributed by atoms with Crippen molar-refractivity contribution < 1.29 is 14.3 Å². The summed E-state index contributed by atoms with van der Waals surface area (Å²) < 4.78 is 11.7. The van der Waals surface area contributed by atoms with E-state index in [2.05, 4.69) is 33.0 Å². The molecule has 1 aromatic heterocycles. The standard InChI is InChI=1S/C36H38N4O3/c1-2-42-33-18-24(22-37-40-34-14-8-28-5-3-4-6-31(28)39-34)7-13-32(33)43-23-35(41)38-30-11-9-29(10-12-30)36-19-25-15-26(20-36)17-27(16-25)21-36/h3-14,18,22,25-27H,2,15-17,19-21,23H2,1H3,(H,38,41)(H,39,40)/b37-22-. The van der Waals surface area contributed by atoms with Gasteiger partial charge in [-0.3, -0.25) is 10.2 Å². The molecule has 4 saturated carbocycles. The van der Waals surface area contributed by atoms with Crippen molar-refractivity contribution in [3.05, 3.63) is 90.0 Å². The first-order chi connectivity index (χ1) is 21.0. The van der Waals surface area contributed by atoms with Crippen molar-refractivity contribution in [2.24, 2.45) is 22.9 Å². The molecule has 2 N–H and O–H groups in total. The van der Waals surface area contributed by atoms with E-state index in [1.165, 1.54) is 44.1 Å². The smallest absolute Gasteiger partial charge is 0.262 e. The fourth-order valence-corrected chi connectivity index (χ4v) is 8.01. The highest BCUT2D eigenvalue weighted by molar-refractivity contribution is 5.92. The molecule has 220 valence electrons. The molecule has 0 saturated heterocycles. The molecular formula is C36H38N4O3. The van der Waals surface area contributed by atoms with E-state index in [-0.39, 0.29) is 12.5 Å². The summed E-state index contributed by atoms with van der Waals surface area (Å²) in [5, 5.41) is 8.40. The lowest BCUT2D eigenvalue weighted by molar-refractivity contribution is -0.118. The molecule has 1 heterocycles. The predicted molar refractivity (Wildman–Crippen MR) is 171 cm³/mol. The Morgan fingerprint density at radius 3 is 2.40 bits per heavy atom. The van der Waals surface area contributed by atoms with Gasteiger partial charge in [-0.15, -0.1) is 0 Å². The number of pyridine rings is 1. The van der Waals surface area contributed by atoms with Crippen LogP contribution in [0, 0.1) is 17.8 Å². The SMILES string of the molecule is CCOc1cc(/C=N\Nc2ccc3ccccc3n2)ccc1OCC(=O)Nc1ccc(C23CC4CC(CC(C4)C2)C3)cc1. The van der Waals surface area contributed by atoms with Crippen molar-refractivity contribution in [3.63, 3.8) is 0 Å². The Bertz CT molecular complexity index is 1610. The lowest BCUT2D eigenvalue weighted by Gasteiger charge is -2.57. The predicted octanol–water partition coefficient (Wildman–Crippen LogP) is 7.56. The molecule has 4 aromatic rings. The van der Waals surface area contributed by atoms with Gasteiger partial charge in [0, 0.05) is 11.1 Å². The number of hydrogen-bond donors (Lipinski definition) is 2. The van der Waals surface area contributed by atoms with E-state index in [9.17, 15) is 4.79 Å². The van der Waals surface area contributed by atoms with Crippen molar-refractivity contribution in [1.82, 2.24) is 4.98 Å². The van der Waals surface area contributed by atoms with E-state index < -0.39 is 0 Å². The van der Waals surface area contributed by atoms with Crippen LogP contribution >= 0.6 is 0 Å². The van der Waals surface area contributed by atoms with E-state index >= 15 is 0 Å². The summed E-state index contributed by atoms with van der Waals surface area (Å²) in [6.07, 6.45) is 10.0. The number of nitrogens with zero attached hydrogens (tertiary/aromatic N) is 2. The molecular weight excluding hydrogens is 536 g/mol. The minimum Gasteiger partial charge on any atom is -0.490 e. The van der Waals surface area contributed by atoms with Gasteiger partial charge in [-0.1, -0.05) is 30.3 Å². The van der Waals surface area contributed by atoms with Crippen LogP contribution in [0.15, 0.2) is 84.0 Å². The average molecular weight is 575 g/mol. The lowest BCUT2D eigenvalue weighted by Crippen LogP contribution is -2.48. The van der Waals surface area contributed by atoms with Gasteiger partial charge in [0.2, 0.25) is 0 Å². The third kappa shape index (κ3) is 5.94. The maximum absolute atomic E-state index is 12.8. The van der Waals surface area contributed by atoms with Crippen molar-refractivity contribution in [1.29, 1.82) is 0 Å². The number of fused-ring (bicyclic) bond motifs is 1. The fraction of sp³-hybridized carbons (Fsp3) is 0.361. The van der Waals surface area contributed by atoms with Gasteiger partial charge in [0.1, 0.15) is 5.82 Å². The Morgan fingerprint density at radius 2 is 1.65 bits per heavy atom. The van der Waals surface area contributed by atoms with Gasteiger partial charge in [-0.2, -0.15) is 5.10 Å². The lowest BCUT2D eigenvalue weighted by atomic mass is 9.48. The Balaban J connectivity index is 0.947. The number of hydrogen-bond acceptors (Lipinski definition) is 6. The van der Waals surface area contributed by atoms with Gasteiger partial charge in [-0.25, -0.2) is 4.98 Å². The average Bonchev–Trinajstić information content (AvgIpc) is 3.00. The van der Waals surface area contributed by atoms with Gasteiger partial charge >= 0.3 is 0 Å². The van der Waals surface area contributed by atoms with Crippen LogP contribution in [0.2, 0.25) is 0 Å². The number of amides is 1. The normalized spacial score (nSPS) is 23.9. The number of carbonyl (C=O) groups is 1. The maximum Gasteiger partial charge on any atom is 0.262 e. The molecule has 1 amide bonds. The Hall–Kier alpha value is -4.39. The van der Waals surface area contributed by atoms with Crippen LogP contribution in [0.5, 0.6) is 11.5 Å². The zero-order valence-corrected chi connectivity index (χ0v) is 24.6. The molecule has 7 heteroatoms. The van der Waals surface area contributed by atoms with Gasteiger partial charge in [0.15, 0.2) is 18.1 Å². The van der Waals surface area contributed by atoms with E-state index in [4.69, 9.17) is 9.47 Å². The summed E-state index contributed by atoms with van der Waals surface area (Å²) in [4.78, 5) is 17.3. The highest BCUT2D eigenvalue weighted by Gasteiger charge is 2.51. The third-order valence-corrected chi connectivity index (χ3v) is 9.44. The number of rotatable bonds is 10. The summed E-state index contributed by atoms with van der Waals surface area (Å²) in [7, 11) is 0. The van der Waals surface area contributed by atoms with Gasteiger partial charge in [-0.05, 0) is 128 Å². The monoisotopic (exact) mass is 574 g/mol. The minimum atomic E-state index is -0.206. The topological polar surface area (TPSA) is 84.8 Å². The number of ether oxygens (including phenoxy) is 2. The second-order valence-electron chi connectivity index (χ2n) is 12.5. The van der Waals surface area contributed by atoms with Crippen LogP contribution in [0.25, 0.3) is 10.9 Å². The summed E-state index contributed by atoms with van der Waals surface area (Å²) >= 11 is 0. The highest BCUT2D eigenvalue weighted by Crippen LogP contribution is 2.60. The van der Waals surface area contributed by atoms with Crippen molar-refractivity contribution in [2.45, 2.75) is 50.9 Å². The van der Waals surface area contributed by atoms with Crippen LogP contribution in [-0.4, -0.2) is 30.3 Å². The molecule has 4 aliphatic carbocycles. The Labute approximate surface area is 252 Å². The molecule has 43 heavy (non-hydrogen) atoms. The molecule has 0 spiro atoms. The maximum atomic E-state index is 12.8. The fourth-order valence-electron chi connectivity index (χ4n) is 8.01. The Kier molecular flexibility index (Phi) is 7.47. The first kappa shape index (κ1) is 27.4. The second-order valence-corrected chi connectivity index (χ2v) is 12.5. The van der Waals surface area contributed by atoms with Crippen LogP contribution < -0.4 is 20.2 Å². The van der Waals surface area contributed by atoms with Crippen LogP contribution in [0.4, 0.5) is 11.5 Å². The highest BCUT2D eigenvalue weighted by atomic mass is 16.5. The molecule has 8 rings (SSSR count). The van der Waals surface area contributed by atoms with Crippen LogP contribution in [0.1, 0.15) is 56.6 Å². The van der Waals surface area contributed by atoms with Crippen LogP contribution in [-0.2, 0) is 10.2 Å². The quantitative estimate of drug-likeness (QED) is 0.151. The largest absolute Gasteiger partial charge is 0.490 e. The van der Waals surface area contributed by atoms with Gasteiger partial charge < -0.3 is 14.8 Å². The zero-order chi connectivity index (χ0) is 29.2. The van der Waals surface area contributed by atoms with E-state index in [1.54, 1.807) is 12.3 Å². The van der Waals surface area contributed by atoms with E-state index in [0.717, 1.165) is 39.9 Å². The molecule has 4 fully saturated rings. The number of carbonyl (C=O) groups excluding carboxylic acids is 1. The number of nitrogens with one attached hydrogen (secondary N) is 2. The molecule has 0 unspecified atom stereocenters. The number of para-hydroxylation sites is 1. The first-order valence-electron chi connectivity index (χ1n) is 15.5. The summed E-state index contributed by atoms with van der Waals surface area (Å²) in [6, 6.07) is 25.9. The van der Waals surface area contributed by atoms with Crippen molar-refractivity contribution in [2.75, 3.05) is 24.0 Å². The second kappa shape index (κ2) is 11.7. The molecule has 0 radical (unpaired) electrons. The van der Waals surface area contributed by atoms with Gasteiger partial charge in [0.05, 0.1) is 18.3 Å². The minimum absolute atomic E-state index is 0.112. The Morgan fingerprint density at radius 1 is 0.907 bits per heavy atom. The number of aromatic nitrogens is 1. The third-order valence-electron chi connectivity index (χ3n) is 9.44. The summed E-state index contributed by atoms with van der Waals surface area (Å²) in [5.74, 6) is 4.26. The summed E-state index contributed by atoms with van der Waals surface area (Å²) in [6.45, 7) is 2.27.